The Morgan fingerprint density at radius 1 is 1.40 bits per heavy atom. The summed E-state index contributed by atoms with van der Waals surface area (Å²) in [6.45, 7) is 1.02. The molecule has 2 aliphatic rings. The van der Waals surface area contributed by atoms with Crippen LogP contribution in [0.15, 0.2) is 12.3 Å². The summed E-state index contributed by atoms with van der Waals surface area (Å²) in [5.41, 5.74) is 6.60. The molecule has 1 aromatic rings. The first kappa shape index (κ1) is 13.2. The number of rotatable bonds is 2. The Hall–Kier alpha value is -1.78. The van der Waals surface area contributed by atoms with E-state index in [1.54, 1.807) is 12.3 Å². The zero-order valence-corrected chi connectivity index (χ0v) is 11.8. The van der Waals surface area contributed by atoms with Gasteiger partial charge < -0.3 is 15.4 Å². The topological polar surface area (TPSA) is 68.5 Å². The van der Waals surface area contributed by atoms with E-state index in [9.17, 15) is 4.79 Å². The molecule has 2 fully saturated rings. The second-order valence-electron chi connectivity index (χ2n) is 5.72. The smallest absolute Gasteiger partial charge is 0.340 e. The minimum Gasteiger partial charge on any atom is -0.465 e. The molecule has 2 heterocycles. The summed E-state index contributed by atoms with van der Waals surface area (Å²) in [5.74, 6) is 1.24. The van der Waals surface area contributed by atoms with E-state index in [2.05, 4.69) is 9.88 Å². The first-order valence-corrected chi connectivity index (χ1v) is 7.31. The largest absolute Gasteiger partial charge is 0.465 e. The number of nitrogens with zero attached hydrogens (tertiary/aromatic N) is 2. The summed E-state index contributed by atoms with van der Waals surface area (Å²) < 4.78 is 4.78. The van der Waals surface area contributed by atoms with Crippen molar-refractivity contribution in [1.29, 1.82) is 0 Å². The lowest BCUT2D eigenvalue weighted by molar-refractivity contribution is 0.0602. The number of esters is 1. The van der Waals surface area contributed by atoms with Crippen LogP contribution in [-0.4, -0.2) is 30.6 Å². The zero-order chi connectivity index (χ0) is 14.1. The number of pyridine rings is 1. The molecule has 0 amide bonds. The van der Waals surface area contributed by atoms with Gasteiger partial charge in [-0.05, 0) is 31.2 Å². The molecule has 1 aliphatic heterocycles. The summed E-state index contributed by atoms with van der Waals surface area (Å²) in [6, 6.07) is 2.35. The van der Waals surface area contributed by atoms with E-state index in [-0.39, 0.29) is 0 Å². The van der Waals surface area contributed by atoms with Gasteiger partial charge in [0.15, 0.2) is 0 Å². The molecule has 5 nitrogen and oxygen atoms in total. The highest BCUT2D eigenvalue weighted by molar-refractivity contribution is 5.95. The van der Waals surface area contributed by atoms with Gasteiger partial charge in [0.05, 0.1) is 24.6 Å². The number of carbonyl (C=O) groups excluding carboxylic acids is 1. The van der Waals surface area contributed by atoms with Crippen LogP contribution in [0, 0.1) is 5.92 Å². The lowest BCUT2D eigenvalue weighted by atomic mass is 9.85. The third-order valence-corrected chi connectivity index (χ3v) is 4.63. The van der Waals surface area contributed by atoms with Gasteiger partial charge in [0.2, 0.25) is 0 Å². The maximum absolute atomic E-state index is 11.7. The van der Waals surface area contributed by atoms with Crippen molar-refractivity contribution < 1.29 is 9.53 Å². The zero-order valence-electron chi connectivity index (χ0n) is 11.8. The Morgan fingerprint density at radius 3 is 3.00 bits per heavy atom. The van der Waals surface area contributed by atoms with Gasteiger partial charge in [-0.15, -0.1) is 0 Å². The standard InChI is InChI=1S/C15H21N3O2/c1-20-15(19)11-8-14(17-9-12(11)16)18-7-6-10-4-2-3-5-13(10)18/h8-10,13H,2-7,16H2,1H3. The fourth-order valence-electron chi connectivity index (χ4n) is 3.59. The summed E-state index contributed by atoms with van der Waals surface area (Å²) in [5, 5.41) is 0. The predicted octanol–water partition coefficient (Wildman–Crippen LogP) is 2.22. The van der Waals surface area contributed by atoms with Gasteiger partial charge in [-0.2, -0.15) is 0 Å². The minimum absolute atomic E-state index is 0.375. The number of nitrogens with two attached hydrogens (primary N) is 1. The first-order chi connectivity index (χ1) is 9.70. The van der Waals surface area contributed by atoms with Crippen LogP contribution in [0.4, 0.5) is 11.5 Å². The second-order valence-corrected chi connectivity index (χ2v) is 5.72. The fraction of sp³-hybridized carbons (Fsp3) is 0.600. The molecule has 0 spiro atoms. The SMILES string of the molecule is COC(=O)c1cc(N2CCC3CCCCC32)ncc1N. The molecule has 20 heavy (non-hydrogen) atoms. The van der Waals surface area contributed by atoms with Crippen LogP contribution in [-0.2, 0) is 4.74 Å². The molecule has 1 aliphatic carbocycles. The molecule has 1 aromatic heterocycles. The molecule has 108 valence electrons. The summed E-state index contributed by atoms with van der Waals surface area (Å²) in [4.78, 5) is 18.5. The molecule has 5 heteroatoms. The van der Waals surface area contributed by atoms with Crippen LogP contribution < -0.4 is 10.6 Å². The highest BCUT2D eigenvalue weighted by Crippen LogP contribution is 2.38. The molecular formula is C15H21N3O2. The van der Waals surface area contributed by atoms with Crippen LogP contribution in [0.2, 0.25) is 0 Å². The number of anilines is 2. The van der Waals surface area contributed by atoms with Gasteiger partial charge in [0.25, 0.3) is 0 Å². The van der Waals surface area contributed by atoms with Gasteiger partial charge in [-0.1, -0.05) is 12.8 Å². The maximum atomic E-state index is 11.7. The number of methoxy groups -OCH3 is 1. The molecule has 1 saturated carbocycles. The van der Waals surface area contributed by atoms with Crippen LogP contribution in [0.25, 0.3) is 0 Å². The third-order valence-electron chi connectivity index (χ3n) is 4.63. The lowest BCUT2D eigenvalue weighted by Crippen LogP contribution is -2.35. The minimum atomic E-state index is -0.398. The number of carbonyl (C=O) groups is 1. The molecule has 1 saturated heterocycles. The predicted molar refractivity (Wildman–Crippen MR) is 77.7 cm³/mol. The quantitative estimate of drug-likeness (QED) is 0.838. The second kappa shape index (κ2) is 5.31. The summed E-state index contributed by atoms with van der Waals surface area (Å²) in [6.07, 6.45) is 7.97. The highest BCUT2D eigenvalue weighted by Gasteiger charge is 2.36. The van der Waals surface area contributed by atoms with E-state index in [1.807, 2.05) is 0 Å². The summed E-state index contributed by atoms with van der Waals surface area (Å²) in [7, 11) is 1.37. The lowest BCUT2D eigenvalue weighted by Gasteiger charge is -2.32. The van der Waals surface area contributed by atoms with Gasteiger partial charge >= 0.3 is 5.97 Å². The van der Waals surface area contributed by atoms with E-state index in [1.165, 1.54) is 39.2 Å². The van der Waals surface area contributed by atoms with Crippen LogP contribution in [0.5, 0.6) is 0 Å². The molecule has 0 aromatic carbocycles. The molecule has 0 bridgehead atoms. The highest BCUT2D eigenvalue weighted by atomic mass is 16.5. The third kappa shape index (κ3) is 2.21. The number of nitrogen functional groups attached to an aromatic ring is 1. The van der Waals surface area contributed by atoms with Crippen molar-refractivity contribution in [2.24, 2.45) is 5.92 Å². The fourth-order valence-corrected chi connectivity index (χ4v) is 3.59. The number of hydrogen-bond acceptors (Lipinski definition) is 5. The Labute approximate surface area is 119 Å². The Balaban J connectivity index is 1.88. The average molecular weight is 275 g/mol. The molecule has 3 rings (SSSR count). The number of aromatic nitrogens is 1. The van der Waals surface area contributed by atoms with Crippen molar-refractivity contribution in [3.05, 3.63) is 17.8 Å². The molecular weight excluding hydrogens is 254 g/mol. The van der Waals surface area contributed by atoms with Crippen molar-refractivity contribution in [1.82, 2.24) is 4.98 Å². The van der Waals surface area contributed by atoms with Gasteiger partial charge in [-0.25, -0.2) is 9.78 Å². The van der Waals surface area contributed by atoms with Gasteiger partial charge in [0.1, 0.15) is 5.82 Å². The molecule has 2 unspecified atom stereocenters. The average Bonchev–Trinajstić information content (AvgIpc) is 2.91. The number of fused-ring (bicyclic) bond motifs is 1. The van der Waals surface area contributed by atoms with Crippen molar-refractivity contribution in [3.8, 4) is 0 Å². The Morgan fingerprint density at radius 2 is 2.20 bits per heavy atom. The molecule has 2 N–H and O–H groups in total. The monoisotopic (exact) mass is 275 g/mol. The van der Waals surface area contributed by atoms with Crippen LogP contribution in [0.3, 0.4) is 0 Å². The van der Waals surface area contributed by atoms with E-state index in [0.717, 1.165) is 18.3 Å². The number of ether oxygens (including phenoxy) is 1. The van der Waals surface area contributed by atoms with Crippen LogP contribution in [0.1, 0.15) is 42.5 Å². The van der Waals surface area contributed by atoms with E-state index in [4.69, 9.17) is 10.5 Å². The Bertz CT molecular complexity index is 518. The van der Waals surface area contributed by atoms with Crippen LogP contribution >= 0.6 is 0 Å². The Kier molecular flexibility index (Phi) is 3.51. The van der Waals surface area contributed by atoms with E-state index < -0.39 is 5.97 Å². The first-order valence-electron chi connectivity index (χ1n) is 7.31. The molecule has 2 atom stereocenters. The normalized spacial score (nSPS) is 25.4. The molecule has 0 radical (unpaired) electrons. The number of hydrogen-bond donors (Lipinski definition) is 1. The van der Waals surface area contributed by atoms with Crippen molar-refractivity contribution in [2.45, 2.75) is 38.1 Å². The van der Waals surface area contributed by atoms with Crippen molar-refractivity contribution in [2.75, 3.05) is 24.3 Å². The maximum Gasteiger partial charge on any atom is 0.340 e. The van der Waals surface area contributed by atoms with Gasteiger partial charge in [0, 0.05) is 12.6 Å². The van der Waals surface area contributed by atoms with E-state index >= 15 is 0 Å². The van der Waals surface area contributed by atoms with Crippen molar-refractivity contribution in [3.63, 3.8) is 0 Å². The summed E-state index contributed by atoms with van der Waals surface area (Å²) >= 11 is 0. The van der Waals surface area contributed by atoms with Gasteiger partial charge in [-0.3, -0.25) is 0 Å². The van der Waals surface area contributed by atoms with Crippen molar-refractivity contribution >= 4 is 17.5 Å². The van der Waals surface area contributed by atoms with E-state index in [0.29, 0.717) is 17.3 Å².